The van der Waals surface area contributed by atoms with Gasteiger partial charge < -0.3 is 15.7 Å². The molecule has 0 bridgehead atoms. The summed E-state index contributed by atoms with van der Waals surface area (Å²) in [5.41, 5.74) is 1.55. The summed E-state index contributed by atoms with van der Waals surface area (Å²) in [6.45, 7) is 0.527. The fourth-order valence-electron chi connectivity index (χ4n) is 1.46. The minimum absolute atomic E-state index is 0.0996. The predicted octanol–water partition coefficient (Wildman–Crippen LogP) is 0.875. The predicted molar refractivity (Wildman–Crippen MR) is 68.5 cm³/mol. The van der Waals surface area contributed by atoms with Crippen LogP contribution in [-0.4, -0.2) is 30.2 Å². The summed E-state index contributed by atoms with van der Waals surface area (Å²) in [5.74, 6) is -0.950. The van der Waals surface area contributed by atoms with Crippen LogP contribution in [0.2, 0.25) is 0 Å². The number of amides is 2. The van der Waals surface area contributed by atoms with Crippen LogP contribution >= 0.6 is 0 Å². The molecule has 1 aromatic rings. The zero-order valence-corrected chi connectivity index (χ0v) is 10.3. The molecule has 6 nitrogen and oxygen atoms in total. The highest BCUT2D eigenvalue weighted by atomic mass is 16.4. The van der Waals surface area contributed by atoms with Crippen molar-refractivity contribution in [2.24, 2.45) is 0 Å². The number of nitrogens with zero attached hydrogens (tertiary/aromatic N) is 1. The maximum absolute atomic E-state index is 11.3. The van der Waals surface area contributed by atoms with Crippen LogP contribution < -0.4 is 10.6 Å². The third kappa shape index (κ3) is 6.07. The van der Waals surface area contributed by atoms with Crippen molar-refractivity contribution < 1.29 is 14.7 Å². The summed E-state index contributed by atoms with van der Waals surface area (Å²) >= 11 is 0. The van der Waals surface area contributed by atoms with Gasteiger partial charge in [-0.25, -0.2) is 4.79 Å². The van der Waals surface area contributed by atoms with Crippen molar-refractivity contribution in [3.8, 4) is 6.07 Å². The van der Waals surface area contributed by atoms with Gasteiger partial charge in [-0.3, -0.25) is 4.79 Å². The first-order valence-electron chi connectivity index (χ1n) is 5.84. The smallest absolute Gasteiger partial charge is 0.314 e. The molecule has 0 radical (unpaired) electrons. The quantitative estimate of drug-likeness (QED) is 0.707. The van der Waals surface area contributed by atoms with Crippen LogP contribution in [0.5, 0.6) is 0 Å². The molecule has 0 aliphatic rings. The normalized spacial score (nSPS) is 9.42. The van der Waals surface area contributed by atoms with E-state index in [0.717, 1.165) is 5.56 Å². The van der Waals surface area contributed by atoms with Crippen molar-refractivity contribution in [2.75, 3.05) is 13.1 Å². The lowest BCUT2D eigenvalue weighted by Gasteiger charge is -2.06. The summed E-state index contributed by atoms with van der Waals surface area (Å²) in [6.07, 6.45) is 0.513. The SMILES string of the molecule is N#Cc1cccc(CCNC(=O)NCCC(=O)O)c1. The van der Waals surface area contributed by atoms with E-state index in [2.05, 4.69) is 10.6 Å². The lowest BCUT2D eigenvalue weighted by molar-refractivity contribution is -0.136. The number of nitrogens with one attached hydrogen (secondary N) is 2. The van der Waals surface area contributed by atoms with Crippen molar-refractivity contribution in [1.29, 1.82) is 5.26 Å². The zero-order chi connectivity index (χ0) is 14.1. The summed E-state index contributed by atoms with van der Waals surface area (Å²) < 4.78 is 0. The largest absolute Gasteiger partial charge is 0.481 e. The van der Waals surface area contributed by atoms with E-state index in [-0.39, 0.29) is 13.0 Å². The molecular weight excluding hydrogens is 246 g/mol. The highest BCUT2D eigenvalue weighted by Gasteiger charge is 2.02. The van der Waals surface area contributed by atoms with Crippen molar-refractivity contribution in [3.05, 3.63) is 35.4 Å². The van der Waals surface area contributed by atoms with Gasteiger partial charge in [-0.2, -0.15) is 5.26 Å². The Hall–Kier alpha value is -2.55. The number of carboxylic acid groups (broad SMARTS) is 1. The molecule has 0 unspecified atom stereocenters. The summed E-state index contributed by atoms with van der Waals surface area (Å²) in [5, 5.41) is 22.2. The number of nitriles is 1. The summed E-state index contributed by atoms with van der Waals surface area (Å²) in [4.78, 5) is 21.5. The van der Waals surface area contributed by atoms with Crippen LogP contribution in [0.25, 0.3) is 0 Å². The first-order valence-corrected chi connectivity index (χ1v) is 5.84. The Bertz CT molecular complexity index is 494. The number of carboxylic acids is 1. The highest BCUT2D eigenvalue weighted by Crippen LogP contribution is 2.04. The number of aliphatic carboxylic acids is 1. The molecule has 19 heavy (non-hydrogen) atoms. The zero-order valence-electron chi connectivity index (χ0n) is 10.3. The highest BCUT2D eigenvalue weighted by molar-refractivity contribution is 5.74. The molecule has 1 aromatic carbocycles. The first kappa shape index (κ1) is 14.5. The van der Waals surface area contributed by atoms with E-state index in [0.29, 0.717) is 18.5 Å². The molecule has 2 amide bonds. The average molecular weight is 261 g/mol. The second-order valence-electron chi connectivity index (χ2n) is 3.89. The van der Waals surface area contributed by atoms with E-state index in [1.165, 1.54) is 0 Å². The van der Waals surface area contributed by atoms with Gasteiger partial charge in [-0.1, -0.05) is 12.1 Å². The van der Waals surface area contributed by atoms with Gasteiger partial charge in [0.25, 0.3) is 0 Å². The molecular formula is C13H15N3O3. The summed E-state index contributed by atoms with van der Waals surface area (Å²) in [6, 6.07) is 8.82. The van der Waals surface area contributed by atoms with Crippen LogP contribution in [0.1, 0.15) is 17.5 Å². The van der Waals surface area contributed by atoms with E-state index >= 15 is 0 Å². The van der Waals surface area contributed by atoms with Gasteiger partial charge in [0.2, 0.25) is 0 Å². The van der Waals surface area contributed by atoms with Crippen molar-refractivity contribution in [3.63, 3.8) is 0 Å². The molecule has 0 heterocycles. The second kappa shape index (κ2) is 7.71. The van der Waals surface area contributed by atoms with Gasteiger partial charge in [-0.05, 0) is 24.1 Å². The number of rotatable bonds is 6. The second-order valence-corrected chi connectivity index (χ2v) is 3.89. The van der Waals surface area contributed by atoms with Crippen LogP contribution in [0, 0.1) is 11.3 Å². The van der Waals surface area contributed by atoms with E-state index in [9.17, 15) is 9.59 Å². The van der Waals surface area contributed by atoms with E-state index < -0.39 is 12.0 Å². The number of hydrogen-bond donors (Lipinski definition) is 3. The van der Waals surface area contributed by atoms with Crippen molar-refractivity contribution in [2.45, 2.75) is 12.8 Å². The average Bonchev–Trinajstić information content (AvgIpc) is 2.38. The molecule has 100 valence electrons. The Morgan fingerprint density at radius 2 is 2.00 bits per heavy atom. The van der Waals surface area contributed by atoms with E-state index in [1.807, 2.05) is 12.1 Å². The Morgan fingerprint density at radius 1 is 1.26 bits per heavy atom. The molecule has 0 saturated carbocycles. The molecule has 3 N–H and O–H groups in total. The van der Waals surface area contributed by atoms with Gasteiger partial charge in [-0.15, -0.1) is 0 Å². The van der Waals surface area contributed by atoms with Crippen LogP contribution in [0.4, 0.5) is 4.79 Å². The lowest BCUT2D eigenvalue weighted by atomic mass is 10.1. The molecule has 0 saturated heterocycles. The van der Waals surface area contributed by atoms with Gasteiger partial charge in [0.1, 0.15) is 0 Å². The van der Waals surface area contributed by atoms with E-state index in [4.69, 9.17) is 10.4 Å². The molecule has 0 fully saturated rings. The Morgan fingerprint density at radius 3 is 2.68 bits per heavy atom. The number of hydrogen-bond acceptors (Lipinski definition) is 3. The van der Waals surface area contributed by atoms with E-state index in [1.54, 1.807) is 18.2 Å². The lowest BCUT2D eigenvalue weighted by Crippen LogP contribution is -2.37. The first-order chi connectivity index (χ1) is 9.11. The minimum Gasteiger partial charge on any atom is -0.481 e. The fraction of sp³-hybridized carbons (Fsp3) is 0.308. The van der Waals surface area contributed by atoms with Gasteiger partial charge >= 0.3 is 12.0 Å². The van der Waals surface area contributed by atoms with Gasteiger partial charge in [0.05, 0.1) is 18.1 Å². The third-order valence-corrected chi connectivity index (χ3v) is 2.38. The Balaban J connectivity index is 2.24. The van der Waals surface area contributed by atoms with Crippen LogP contribution in [0.15, 0.2) is 24.3 Å². The monoisotopic (exact) mass is 261 g/mol. The fourth-order valence-corrected chi connectivity index (χ4v) is 1.46. The molecule has 0 atom stereocenters. The van der Waals surface area contributed by atoms with Crippen LogP contribution in [0.3, 0.4) is 0 Å². The number of carbonyl (C=O) groups is 2. The van der Waals surface area contributed by atoms with Gasteiger partial charge in [0, 0.05) is 13.1 Å². The molecule has 0 aliphatic heterocycles. The van der Waals surface area contributed by atoms with Gasteiger partial charge in [0.15, 0.2) is 0 Å². The van der Waals surface area contributed by atoms with Crippen molar-refractivity contribution >= 4 is 12.0 Å². The molecule has 0 spiro atoms. The number of urea groups is 1. The maximum atomic E-state index is 11.3. The number of benzene rings is 1. The Kier molecular flexibility index (Phi) is 5.89. The Labute approximate surface area is 111 Å². The number of carbonyl (C=O) groups excluding carboxylic acids is 1. The third-order valence-electron chi connectivity index (χ3n) is 2.38. The maximum Gasteiger partial charge on any atom is 0.314 e. The molecule has 6 heteroatoms. The standard InChI is InChI=1S/C13H15N3O3/c14-9-11-3-1-2-10(8-11)4-6-15-13(19)16-7-5-12(17)18/h1-3,8H,4-7H2,(H,17,18)(H2,15,16,19). The molecule has 0 aliphatic carbocycles. The van der Waals surface area contributed by atoms with Crippen molar-refractivity contribution in [1.82, 2.24) is 10.6 Å². The molecule has 1 rings (SSSR count). The molecule has 0 aromatic heterocycles. The van der Waals surface area contributed by atoms with Crippen LogP contribution in [-0.2, 0) is 11.2 Å². The minimum atomic E-state index is -0.950. The topological polar surface area (TPSA) is 102 Å². The summed E-state index contributed by atoms with van der Waals surface area (Å²) in [7, 11) is 0.